The van der Waals surface area contributed by atoms with E-state index in [9.17, 15) is 19.5 Å². The first-order valence-corrected chi connectivity index (χ1v) is 14.5. The van der Waals surface area contributed by atoms with Crippen LogP contribution in [0, 0.1) is 5.92 Å². The third kappa shape index (κ3) is 10.7. The number of methoxy groups -OCH3 is 1. The fourth-order valence-corrected chi connectivity index (χ4v) is 4.35. The van der Waals surface area contributed by atoms with Crippen molar-refractivity contribution in [2.24, 2.45) is 5.92 Å². The highest BCUT2D eigenvalue weighted by atomic mass is 16.6. The molecule has 0 fully saturated rings. The van der Waals surface area contributed by atoms with Crippen LogP contribution >= 0.6 is 0 Å². The Balaban J connectivity index is 1.42. The molecule has 0 saturated carbocycles. The predicted octanol–water partition coefficient (Wildman–Crippen LogP) is 6.02. The Kier molecular flexibility index (Phi) is 11.7. The number of esters is 1. The van der Waals surface area contributed by atoms with Gasteiger partial charge in [-0.15, -0.1) is 0 Å². The molecule has 0 saturated heterocycles. The Morgan fingerprint density at radius 1 is 0.977 bits per heavy atom. The quantitative estimate of drug-likeness (QED) is 0.135. The summed E-state index contributed by atoms with van der Waals surface area (Å²) in [6, 6.07) is 13.0. The molecule has 2 unspecified atom stereocenters. The Morgan fingerprint density at radius 2 is 1.67 bits per heavy atom. The number of carbonyl (C=O) groups excluding carboxylic acids is 2. The van der Waals surface area contributed by atoms with Gasteiger partial charge in [0.05, 0.1) is 23.7 Å². The van der Waals surface area contributed by atoms with Gasteiger partial charge in [0.2, 0.25) is 0 Å². The SMILES string of the molecule is COC(C)(C)CCOC(C)(C)CCC(C)C(=O)Oc1ccc(COC(=O)NC(Cc2c[nH]c3ccccc23)C(=O)O)cc1. The van der Waals surface area contributed by atoms with Gasteiger partial charge in [-0.3, -0.25) is 4.79 Å². The molecule has 3 rings (SSSR count). The number of H-pyrrole nitrogens is 1. The predicted molar refractivity (Wildman–Crippen MR) is 163 cm³/mol. The number of hydrogen-bond acceptors (Lipinski definition) is 7. The molecule has 10 heteroatoms. The van der Waals surface area contributed by atoms with Crippen molar-refractivity contribution in [3.8, 4) is 5.75 Å². The third-order valence-electron chi connectivity index (χ3n) is 7.53. The van der Waals surface area contributed by atoms with Crippen LogP contribution in [0.25, 0.3) is 10.9 Å². The monoisotopic (exact) mass is 596 g/mol. The van der Waals surface area contributed by atoms with E-state index in [1.165, 1.54) is 0 Å². The number of hydrogen-bond donors (Lipinski definition) is 3. The van der Waals surface area contributed by atoms with Gasteiger partial charge in [0, 0.05) is 30.6 Å². The maximum Gasteiger partial charge on any atom is 0.408 e. The first kappa shape index (κ1) is 33.6. The number of alkyl carbamates (subject to hydrolysis) is 1. The Hall–Kier alpha value is -3.89. The van der Waals surface area contributed by atoms with Gasteiger partial charge in [0.1, 0.15) is 18.4 Å². The van der Waals surface area contributed by atoms with Gasteiger partial charge >= 0.3 is 18.0 Å². The second-order valence-electron chi connectivity index (χ2n) is 12.0. The second kappa shape index (κ2) is 15.0. The first-order valence-electron chi connectivity index (χ1n) is 14.5. The molecular weight excluding hydrogens is 552 g/mol. The summed E-state index contributed by atoms with van der Waals surface area (Å²) in [5, 5.41) is 13.0. The molecule has 0 radical (unpaired) electrons. The highest BCUT2D eigenvalue weighted by Crippen LogP contribution is 2.24. The van der Waals surface area contributed by atoms with E-state index in [4.69, 9.17) is 18.9 Å². The van der Waals surface area contributed by atoms with Crippen molar-refractivity contribution in [1.29, 1.82) is 0 Å². The van der Waals surface area contributed by atoms with Gasteiger partial charge in [-0.1, -0.05) is 37.3 Å². The number of aromatic amines is 1. The number of carboxylic acids is 1. The number of aliphatic carboxylic acids is 1. The summed E-state index contributed by atoms with van der Waals surface area (Å²) in [5.74, 6) is -1.44. The van der Waals surface area contributed by atoms with Crippen molar-refractivity contribution in [3.63, 3.8) is 0 Å². The molecule has 1 aromatic heterocycles. The smallest absolute Gasteiger partial charge is 0.408 e. The Labute approximate surface area is 253 Å². The largest absolute Gasteiger partial charge is 0.480 e. The van der Waals surface area contributed by atoms with Crippen molar-refractivity contribution >= 4 is 28.9 Å². The van der Waals surface area contributed by atoms with Gasteiger partial charge in [-0.25, -0.2) is 9.59 Å². The number of nitrogens with one attached hydrogen (secondary N) is 2. The van der Waals surface area contributed by atoms with Crippen LogP contribution in [0.1, 0.15) is 65.0 Å². The first-order chi connectivity index (χ1) is 20.3. The summed E-state index contributed by atoms with van der Waals surface area (Å²) in [7, 11) is 1.69. The highest BCUT2D eigenvalue weighted by Gasteiger charge is 2.25. The number of amides is 1. The van der Waals surface area contributed by atoms with Crippen LogP contribution in [-0.2, 0) is 36.8 Å². The molecule has 1 amide bonds. The summed E-state index contributed by atoms with van der Waals surface area (Å²) in [6.45, 7) is 10.4. The van der Waals surface area contributed by atoms with Crippen molar-refractivity contribution in [3.05, 3.63) is 65.9 Å². The Bertz CT molecular complexity index is 1360. The highest BCUT2D eigenvalue weighted by molar-refractivity contribution is 5.85. The van der Waals surface area contributed by atoms with Crippen LogP contribution in [0.15, 0.2) is 54.7 Å². The van der Waals surface area contributed by atoms with E-state index >= 15 is 0 Å². The number of rotatable bonds is 16. The average molecular weight is 597 g/mol. The summed E-state index contributed by atoms with van der Waals surface area (Å²) >= 11 is 0. The minimum absolute atomic E-state index is 0.0769. The zero-order chi connectivity index (χ0) is 31.6. The Morgan fingerprint density at radius 3 is 2.35 bits per heavy atom. The van der Waals surface area contributed by atoms with Gasteiger partial charge in [-0.05, 0) is 76.3 Å². The summed E-state index contributed by atoms with van der Waals surface area (Å²) < 4.78 is 22.3. The third-order valence-corrected chi connectivity index (χ3v) is 7.53. The van der Waals surface area contributed by atoms with Crippen molar-refractivity contribution in [2.75, 3.05) is 13.7 Å². The van der Waals surface area contributed by atoms with Crippen LogP contribution in [0.5, 0.6) is 5.75 Å². The van der Waals surface area contributed by atoms with Crippen LogP contribution in [0.2, 0.25) is 0 Å². The summed E-state index contributed by atoms with van der Waals surface area (Å²) in [5.41, 5.74) is 1.69. The van der Waals surface area contributed by atoms with Gasteiger partial charge in [0.15, 0.2) is 0 Å². The van der Waals surface area contributed by atoms with Crippen molar-refractivity contribution < 1.29 is 38.4 Å². The number of para-hydroxylation sites is 1. The molecular formula is C33H44N2O8. The minimum atomic E-state index is -1.16. The second-order valence-corrected chi connectivity index (χ2v) is 12.0. The molecule has 0 spiro atoms. The fraction of sp³-hybridized carbons (Fsp3) is 0.485. The van der Waals surface area contributed by atoms with Crippen LogP contribution in [0.3, 0.4) is 0 Å². The van der Waals surface area contributed by atoms with Crippen molar-refractivity contribution in [2.45, 2.75) is 84.2 Å². The maximum atomic E-state index is 12.7. The van der Waals surface area contributed by atoms with Crippen molar-refractivity contribution in [1.82, 2.24) is 10.3 Å². The van der Waals surface area contributed by atoms with Gasteiger partial charge in [0.25, 0.3) is 0 Å². The van der Waals surface area contributed by atoms with E-state index in [2.05, 4.69) is 10.3 Å². The lowest BCUT2D eigenvalue weighted by atomic mass is 9.95. The van der Waals surface area contributed by atoms with E-state index in [1.54, 1.807) is 37.6 Å². The number of benzene rings is 2. The molecule has 234 valence electrons. The maximum absolute atomic E-state index is 12.7. The minimum Gasteiger partial charge on any atom is -0.480 e. The van der Waals surface area contributed by atoms with Gasteiger partial charge < -0.3 is 34.4 Å². The average Bonchev–Trinajstić information content (AvgIpc) is 3.37. The van der Waals surface area contributed by atoms with E-state index in [1.807, 2.05) is 58.9 Å². The summed E-state index contributed by atoms with van der Waals surface area (Å²) in [6.07, 6.45) is 3.07. The van der Waals surface area contributed by atoms with Crippen LogP contribution in [-0.4, -0.2) is 59.1 Å². The van der Waals surface area contributed by atoms with E-state index in [0.29, 0.717) is 30.8 Å². The number of fused-ring (bicyclic) bond motifs is 1. The summed E-state index contributed by atoms with van der Waals surface area (Å²) in [4.78, 5) is 39.9. The molecule has 3 N–H and O–H groups in total. The number of carbonyl (C=O) groups is 3. The number of ether oxygens (including phenoxy) is 4. The van der Waals surface area contributed by atoms with Gasteiger partial charge in [-0.2, -0.15) is 0 Å². The molecule has 1 heterocycles. The van der Waals surface area contributed by atoms with Crippen LogP contribution < -0.4 is 10.1 Å². The zero-order valence-corrected chi connectivity index (χ0v) is 25.9. The van der Waals surface area contributed by atoms with Crippen LogP contribution in [0.4, 0.5) is 4.79 Å². The molecule has 0 aliphatic carbocycles. The molecule has 10 nitrogen and oxygen atoms in total. The molecule has 2 atom stereocenters. The van der Waals surface area contributed by atoms with E-state index in [-0.39, 0.29) is 36.1 Å². The normalized spacial score (nSPS) is 13.3. The van der Waals surface area contributed by atoms with E-state index in [0.717, 1.165) is 22.9 Å². The number of carboxylic acid groups (broad SMARTS) is 1. The fourth-order valence-electron chi connectivity index (χ4n) is 4.35. The van der Waals surface area contributed by atoms with E-state index < -0.39 is 18.1 Å². The molecule has 0 aliphatic heterocycles. The number of aromatic nitrogens is 1. The zero-order valence-electron chi connectivity index (χ0n) is 25.9. The standard InChI is InChI=1S/C33H44N2O8/c1-22(15-16-33(4,5)42-18-17-32(2,3)40-6)30(38)43-25-13-11-23(12-14-25)21-41-31(39)35-28(29(36)37)19-24-20-34-27-10-8-7-9-26(24)27/h7-14,20,22,28,34H,15-19,21H2,1-6H3,(H,35,39)(H,36,37). The lowest BCUT2D eigenvalue weighted by Gasteiger charge is -2.29. The topological polar surface area (TPSA) is 136 Å². The molecule has 43 heavy (non-hydrogen) atoms. The lowest BCUT2D eigenvalue weighted by Crippen LogP contribution is -2.42. The molecule has 2 aromatic carbocycles. The molecule has 0 bridgehead atoms. The lowest BCUT2D eigenvalue weighted by molar-refractivity contribution is -0.140. The molecule has 3 aromatic rings. The molecule has 0 aliphatic rings.